The zero-order valence-electron chi connectivity index (χ0n) is 18.5. The maximum absolute atomic E-state index is 10.3. The zero-order valence-corrected chi connectivity index (χ0v) is 19.3. The summed E-state index contributed by atoms with van der Waals surface area (Å²) in [6, 6.07) is 29.3. The molecule has 1 amide bonds. The minimum atomic E-state index is 0.567. The van der Waals surface area contributed by atoms with Crippen molar-refractivity contribution in [1.82, 2.24) is 5.32 Å². The van der Waals surface area contributed by atoms with Crippen molar-refractivity contribution in [3.8, 4) is 0 Å². The molecule has 3 aromatic rings. The quantitative estimate of drug-likeness (QED) is 0.325. The van der Waals surface area contributed by atoms with Crippen molar-refractivity contribution in [1.29, 1.82) is 0 Å². The van der Waals surface area contributed by atoms with Crippen molar-refractivity contribution >= 4 is 23.9 Å². The zero-order chi connectivity index (χ0) is 22.0. The Kier molecular flexibility index (Phi) is 13.8. The number of nitrogens with one attached hydrogen (secondary N) is 2. The molecule has 3 nitrogen and oxygen atoms in total. The van der Waals surface area contributed by atoms with E-state index in [9.17, 15) is 4.79 Å². The van der Waals surface area contributed by atoms with Crippen molar-refractivity contribution in [2.45, 2.75) is 43.9 Å². The fourth-order valence-electron chi connectivity index (χ4n) is 2.53. The van der Waals surface area contributed by atoms with Crippen LogP contribution in [0.1, 0.15) is 31.9 Å². The highest BCUT2D eigenvalue weighted by Crippen LogP contribution is 2.23. The van der Waals surface area contributed by atoms with Gasteiger partial charge in [-0.1, -0.05) is 74.5 Å². The van der Waals surface area contributed by atoms with Crippen LogP contribution in [0.3, 0.4) is 0 Å². The molecule has 0 radical (unpaired) electrons. The average Bonchev–Trinajstić information content (AvgIpc) is 2.82. The second-order valence-electron chi connectivity index (χ2n) is 6.44. The Hall–Kier alpha value is -2.56. The average molecular weight is 423 g/mol. The molecule has 30 heavy (non-hydrogen) atoms. The van der Waals surface area contributed by atoms with E-state index < -0.39 is 0 Å². The van der Waals surface area contributed by atoms with E-state index in [1.165, 1.54) is 16.0 Å². The molecule has 1 unspecified atom stereocenters. The van der Waals surface area contributed by atoms with Crippen molar-refractivity contribution in [3.63, 3.8) is 0 Å². The Labute approximate surface area is 186 Å². The number of likely N-dealkylation sites (N-methyl/N-ethyl adjacent to an activating group) is 1. The molecule has 0 heterocycles. The summed E-state index contributed by atoms with van der Waals surface area (Å²) in [5.41, 5.74) is 3.53. The lowest BCUT2D eigenvalue weighted by Gasteiger charge is -2.08. The Bertz CT molecular complexity index is 792. The number of anilines is 1. The van der Waals surface area contributed by atoms with E-state index in [2.05, 4.69) is 54.0 Å². The molecule has 0 spiro atoms. The van der Waals surface area contributed by atoms with Crippen molar-refractivity contribution in [2.75, 3.05) is 12.4 Å². The number of rotatable bonds is 8. The maximum atomic E-state index is 10.3. The van der Waals surface area contributed by atoms with Gasteiger partial charge < -0.3 is 10.6 Å². The second kappa shape index (κ2) is 16.3. The van der Waals surface area contributed by atoms with E-state index in [1.54, 1.807) is 11.8 Å². The predicted octanol–water partition coefficient (Wildman–Crippen LogP) is 6.41. The van der Waals surface area contributed by atoms with E-state index in [-0.39, 0.29) is 0 Å². The largest absolute Gasteiger partial charge is 0.329 e. The molecule has 0 bridgehead atoms. The fourth-order valence-corrected chi connectivity index (χ4v) is 3.38. The first-order chi connectivity index (χ1) is 14.7. The van der Waals surface area contributed by atoms with Gasteiger partial charge in [-0.05, 0) is 55.8 Å². The summed E-state index contributed by atoms with van der Waals surface area (Å²) < 4.78 is 0. The monoisotopic (exact) mass is 422 g/mol. The number of amides is 1. The highest BCUT2D eigenvalue weighted by Gasteiger charge is 1.98. The molecule has 0 aliphatic carbocycles. The highest BCUT2D eigenvalue weighted by molar-refractivity contribution is 7.98. The number of hydrogen-bond acceptors (Lipinski definition) is 3. The van der Waals surface area contributed by atoms with Crippen LogP contribution in [0, 0.1) is 0 Å². The van der Waals surface area contributed by atoms with Gasteiger partial charge in [0.25, 0.3) is 0 Å². The van der Waals surface area contributed by atoms with Crippen molar-refractivity contribution in [2.24, 2.45) is 0 Å². The Morgan fingerprint density at radius 2 is 1.37 bits per heavy atom. The summed E-state index contributed by atoms with van der Waals surface area (Å²) >= 11 is 1.78. The first-order valence-corrected chi connectivity index (χ1v) is 11.4. The fraction of sp³-hybridized carbons (Fsp3) is 0.269. The molecule has 0 aliphatic heterocycles. The molecular formula is C26H34N2OS. The van der Waals surface area contributed by atoms with Gasteiger partial charge in [-0.2, -0.15) is 0 Å². The number of thioether (sulfide) groups is 1. The molecule has 0 aliphatic rings. The summed E-state index contributed by atoms with van der Waals surface area (Å²) in [6.07, 6.45) is 1.80. The molecule has 2 N–H and O–H groups in total. The number of benzene rings is 3. The predicted molar refractivity (Wildman–Crippen MR) is 132 cm³/mol. The first kappa shape index (κ1) is 25.5. The Morgan fingerprint density at radius 3 is 1.87 bits per heavy atom. The lowest BCUT2D eigenvalue weighted by Crippen LogP contribution is -2.23. The molecule has 0 saturated carbocycles. The van der Waals surface area contributed by atoms with Gasteiger partial charge in [-0.3, -0.25) is 4.79 Å². The molecule has 4 heteroatoms. The first-order valence-electron chi connectivity index (χ1n) is 10.4. The van der Waals surface area contributed by atoms with Gasteiger partial charge in [-0.15, -0.1) is 11.8 Å². The van der Waals surface area contributed by atoms with Crippen LogP contribution in [-0.4, -0.2) is 19.5 Å². The van der Waals surface area contributed by atoms with E-state index in [0.29, 0.717) is 12.5 Å². The van der Waals surface area contributed by atoms with Gasteiger partial charge in [0.1, 0.15) is 0 Å². The third kappa shape index (κ3) is 10.8. The van der Waals surface area contributed by atoms with Crippen molar-refractivity contribution < 1.29 is 4.79 Å². The summed E-state index contributed by atoms with van der Waals surface area (Å²) in [5, 5.41) is 5.83. The van der Waals surface area contributed by atoms with E-state index in [0.717, 1.165) is 17.9 Å². The minimum absolute atomic E-state index is 0.567. The lowest BCUT2D eigenvalue weighted by atomic mass is 10.1. The Morgan fingerprint density at radius 1 is 0.833 bits per heavy atom. The SMILES string of the molecule is CC.CNC(C)Cc1ccccc1.O=CNc1ccc(SCc2ccccc2)cc1. The highest BCUT2D eigenvalue weighted by atomic mass is 32.2. The van der Waals surface area contributed by atoms with Crippen LogP contribution in [0.4, 0.5) is 5.69 Å². The van der Waals surface area contributed by atoms with Crippen molar-refractivity contribution in [3.05, 3.63) is 96.1 Å². The second-order valence-corrected chi connectivity index (χ2v) is 7.49. The molecular weight excluding hydrogens is 388 g/mol. The minimum Gasteiger partial charge on any atom is -0.329 e. The van der Waals surface area contributed by atoms with Gasteiger partial charge in [-0.25, -0.2) is 0 Å². The topological polar surface area (TPSA) is 41.1 Å². The van der Waals surface area contributed by atoms with Gasteiger partial charge in [0.2, 0.25) is 6.41 Å². The van der Waals surface area contributed by atoms with Gasteiger partial charge >= 0.3 is 0 Å². The molecule has 3 rings (SSSR count). The maximum Gasteiger partial charge on any atom is 0.211 e. The lowest BCUT2D eigenvalue weighted by molar-refractivity contribution is -0.105. The third-order valence-corrected chi connectivity index (χ3v) is 5.29. The van der Waals surface area contributed by atoms with Gasteiger partial charge in [0, 0.05) is 22.4 Å². The summed E-state index contributed by atoms with van der Waals surface area (Å²) in [7, 11) is 1.99. The van der Waals surface area contributed by atoms with E-state index in [4.69, 9.17) is 0 Å². The smallest absolute Gasteiger partial charge is 0.211 e. The van der Waals surface area contributed by atoms with Gasteiger partial charge in [0.15, 0.2) is 0 Å². The van der Waals surface area contributed by atoms with Crippen LogP contribution in [0.25, 0.3) is 0 Å². The molecule has 0 saturated heterocycles. The van der Waals surface area contributed by atoms with E-state index >= 15 is 0 Å². The van der Waals surface area contributed by atoms with Crippen LogP contribution in [0.2, 0.25) is 0 Å². The molecule has 160 valence electrons. The normalized spacial score (nSPS) is 10.5. The molecule has 0 fully saturated rings. The Balaban J connectivity index is 0.000000300. The number of carbonyl (C=O) groups excluding carboxylic acids is 1. The van der Waals surface area contributed by atoms with Crippen LogP contribution in [0.15, 0.2) is 89.8 Å². The summed E-state index contributed by atoms with van der Waals surface area (Å²) in [5.74, 6) is 0.960. The summed E-state index contributed by atoms with van der Waals surface area (Å²) in [6.45, 7) is 6.19. The van der Waals surface area contributed by atoms with Crippen LogP contribution in [0.5, 0.6) is 0 Å². The van der Waals surface area contributed by atoms with Crippen LogP contribution >= 0.6 is 11.8 Å². The number of hydrogen-bond donors (Lipinski definition) is 2. The van der Waals surface area contributed by atoms with Crippen LogP contribution in [-0.2, 0) is 17.0 Å². The third-order valence-electron chi connectivity index (χ3n) is 4.21. The van der Waals surface area contributed by atoms with Gasteiger partial charge in [0.05, 0.1) is 0 Å². The molecule has 1 atom stereocenters. The standard InChI is InChI=1S/C14H13NOS.C10H15N.C2H6/c16-11-15-13-6-8-14(9-7-13)17-10-12-4-2-1-3-5-12;1-9(11-2)8-10-6-4-3-5-7-10;1-2/h1-9,11H,10H2,(H,15,16);3-7,9,11H,8H2,1-2H3;1-2H3. The van der Waals surface area contributed by atoms with E-state index in [1.807, 2.05) is 69.4 Å². The molecule has 3 aromatic carbocycles. The molecule has 0 aromatic heterocycles. The summed E-state index contributed by atoms with van der Waals surface area (Å²) in [4.78, 5) is 11.5. The number of carbonyl (C=O) groups is 1. The van der Waals surface area contributed by atoms with Crippen LogP contribution < -0.4 is 10.6 Å².